The molecule has 3 heterocycles. The Balaban J connectivity index is 1.44. The molecule has 2 N–H and O–H groups in total. The Bertz CT molecular complexity index is 903. The quantitative estimate of drug-likeness (QED) is 0.637. The van der Waals surface area contributed by atoms with Gasteiger partial charge >= 0.3 is 6.03 Å². The summed E-state index contributed by atoms with van der Waals surface area (Å²) >= 11 is 1.48. The van der Waals surface area contributed by atoms with E-state index in [0.29, 0.717) is 5.69 Å². The molecule has 3 aromatic rings. The first-order valence-electron chi connectivity index (χ1n) is 9.58. The molecule has 4 rings (SSSR count). The monoisotopic (exact) mass is 393 g/mol. The van der Waals surface area contributed by atoms with Crippen LogP contribution in [-0.4, -0.2) is 29.3 Å². The Morgan fingerprint density at radius 3 is 2.50 bits per heavy atom. The van der Waals surface area contributed by atoms with Crippen molar-refractivity contribution in [3.05, 3.63) is 53.9 Å². The predicted octanol–water partition coefficient (Wildman–Crippen LogP) is 5.23. The maximum atomic E-state index is 12.1. The van der Waals surface area contributed by atoms with E-state index in [2.05, 4.69) is 25.7 Å². The van der Waals surface area contributed by atoms with Crippen LogP contribution in [0.2, 0.25) is 0 Å². The molecule has 7 heteroatoms. The highest BCUT2D eigenvalue weighted by Crippen LogP contribution is 2.23. The number of rotatable bonds is 4. The average molecular weight is 394 g/mol. The van der Waals surface area contributed by atoms with Crippen molar-refractivity contribution in [3.63, 3.8) is 0 Å². The number of anilines is 3. The highest BCUT2D eigenvalue weighted by atomic mass is 32.1. The fraction of sp³-hybridized carbons (Fsp3) is 0.286. The van der Waals surface area contributed by atoms with Gasteiger partial charge in [0.2, 0.25) is 0 Å². The van der Waals surface area contributed by atoms with Crippen LogP contribution in [0.1, 0.15) is 25.7 Å². The Kier molecular flexibility index (Phi) is 5.82. The number of carbonyl (C=O) groups is 1. The average Bonchev–Trinajstić information content (AvgIpc) is 3.07. The van der Waals surface area contributed by atoms with Gasteiger partial charge in [0.05, 0.1) is 10.7 Å². The van der Waals surface area contributed by atoms with Crippen LogP contribution >= 0.6 is 11.3 Å². The van der Waals surface area contributed by atoms with Crippen molar-refractivity contribution in [2.75, 3.05) is 28.6 Å². The zero-order chi connectivity index (χ0) is 19.2. The third-order valence-electron chi connectivity index (χ3n) is 4.75. The molecule has 0 bridgehead atoms. The minimum absolute atomic E-state index is 0.262. The van der Waals surface area contributed by atoms with Gasteiger partial charge in [0.25, 0.3) is 0 Å². The number of nitrogens with zero attached hydrogens (tertiary/aromatic N) is 3. The lowest BCUT2D eigenvalue weighted by atomic mass is 10.1. The summed E-state index contributed by atoms with van der Waals surface area (Å²) in [5.41, 5.74) is 2.43. The van der Waals surface area contributed by atoms with E-state index in [1.54, 1.807) is 0 Å². The van der Waals surface area contributed by atoms with E-state index in [1.165, 1.54) is 37.0 Å². The Morgan fingerprint density at radius 1 is 0.929 bits per heavy atom. The van der Waals surface area contributed by atoms with Gasteiger partial charge in [-0.25, -0.2) is 4.79 Å². The van der Waals surface area contributed by atoms with E-state index < -0.39 is 0 Å². The molecule has 1 saturated heterocycles. The Morgan fingerprint density at radius 2 is 1.79 bits per heavy atom. The van der Waals surface area contributed by atoms with Crippen LogP contribution in [0.3, 0.4) is 0 Å². The maximum Gasteiger partial charge on any atom is 0.324 e. The molecule has 0 radical (unpaired) electrons. The van der Waals surface area contributed by atoms with Crippen LogP contribution in [0.5, 0.6) is 0 Å². The van der Waals surface area contributed by atoms with E-state index in [1.807, 2.05) is 53.9 Å². The van der Waals surface area contributed by atoms with Crippen molar-refractivity contribution in [1.82, 2.24) is 10.2 Å². The molecule has 0 atom stereocenters. The highest BCUT2D eigenvalue weighted by molar-refractivity contribution is 7.14. The summed E-state index contributed by atoms with van der Waals surface area (Å²) in [5, 5.41) is 17.3. The second kappa shape index (κ2) is 8.84. The van der Waals surface area contributed by atoms with Crippen molar-refractivity contribution in [2.24, 2.45) is 0 Å². The van der Waals surface area contributed by atoms with Crippen LogP contribution < -0.4 is 15.5 Å². The molecular weight excluding hydrogens is 370 g/mol. The van der Waals surface area contributed by atoms with Crippen LogP contribution in [0, 0.1) is 0 Å². The minimum Gasteiger partial charge on any atom is -0.355 e. The van der Waals surface area contributed by atoms with E-state index in [9.17, 15) is 4.79 Å². The van der Waals surface area contributed by atoms with Crippen molar-refractivity contribution in [1.29, 1.82) is 0 Å². The van der Waals surface area contributed by atoms with Crippen LogP contribution in [0.15, 0.2) is 53.9 Å². The summed E-state index contributed by atoms with van der Waals surface area (Å²) in [6, 6.07) is 15.2. The van der Waals surface area contributed by atoms with Gasteiger partial charge in [-0.1, -0.05) is 25.0 Å². The fourth-order valence-corrected chi connectivity index (χ4v) is 3.94. The molecular formula is C21H23N5OS. The normalized spacial score (nSPS) is 14.4. The van der Waals surface area contributed by atoms with Crippen molar-refractivity contribution >= 4 is 33.9 Å². The van der Waals surface area contributed by atoms with Gasteiger partial charge in [0.15, 0.2) is 5.82 Å². The molecule has 2 amide bonds. The number of hydrogen-bond donors (Lipinski definition) is 2. The Labute approximate surface area is 168 Å². The first kappa shape index (κ1) is 18.4. The molecule has 6 nitrogen and oxygen atoms in total. The zero-order valence-corrected chi connectivity index (χ0v) is 16.4. The number of urea groups is 1. The van der Waals surface area contributed by atoms with Crippen LogP contribution in [-0.2, 0) is 0 Å². The molecule has 0 saturated carbocycles. The molecule has 1 aliphatic heterocycles. The zero-order valence-electron chi connectivity index (χ0n) is 15.6. The molecule has 0 unspecified atom stereocenters. The van der Waals surface area contributed by atoms with E-state index in [4.69, 9.17) is 0 Å². The summed E-state index contributed by atoms with van der Waals surface area (Å²) in [6.45, 7) is 2.10. The second-order valence-electron chi connectivity index (χ2n) is 6.82. The summed E-state index contributed by atoms with van der Waals surface area (Å²) in [6.07, 6.45) is 5.01. The van der Waals surface area contributed by atoms with E-state index >= 15 is 0 Å². The largest absolute Gasteiger partial charge is 0.355 e. The number of amides is 2. The smallest absolute Gasteiger partial charge is 0.324 e. The Hall–Kier alpha value is -2.93. The number of hydrogen-bond acceptors (Lipinski definition) is 5. The summed E-state index contributed by atoms with van der Waals surface area (Å²) in [4.78, 5) is 14.4. The molecule has 0 spiro atoms. The van der Waals surface area contributed by atoms with Crippen molar-refractivity contribution in [3.8, 4) is 11.3 Å². The summed E-state index contributed by atoms with van der Waals surface area (Å²) in [5.74, 6) is 0.940. The summed E-state index contributed by atoms with van der Waals surface area (Å²) < 4.78 is 0. The van der Waals surface area contributed by atoms with Gasteiger partial charge in [0, 0.05) is 24.3 Å². The molecule has 2 aromatic heterocycles. The standard InChI is InChI=1S/C21H23N5OS/c27-21(23-20-9-6-14-28-20)22-17-8-5-7-16(15-17)18-10-11-19(25-24-18)26-12-3-1-2-4-13-26/h5-11,14-15H,1-4,12-13H2,(H2,22,23,27). The lowest BCUT2D eigenvalue weighted by Gasteiger charge is -2.20. The molecule has 28 heavy (non-hydrogen) atoms. The van der Waals surface area contributed by atoms with Gasteiger partial charge in [-0.15, -0.1) is 21.5 Å². The maximum absolute atomic E-state index is 12.1. The first-order chi connectivity index (χ1) is 13.8. The number of thiophene rings is 1. The van der Waals surface area contributed by atoms with Gasteiger partial charge in [0.1, 0.15) is 0 Å². The van der Waals surface area contributed by atoms with Crippen LogP contribution in [0.4, 0.5) is 21.3 Å². The number of nitrogens with one attached hydrogen (secondary N) is 2. The first-order valence-corrected chi connectivity index (χ1v) is 10.5. The molecule has 1 aliphatic rings. The van der Waals surface area contributed by atoms with Gasteiger partial charge in [-0.05, 0) is 54.6 Å². The van der Waals surface area contributed by atoms with Crippen molar-refractivity contribution < 1.29 is 4.79 Å². The van der Waals surface area contributed by atoms with Crippen LogP contribution in [0.25, 0.3) is 11.3 Å². The number of aromatic nitrogens is 2. The SMILES string of the molecule is O=C(Nc1cccc(-c2ccc(N3CCCCCC3)nn2)c1)Nc1cccs1. The third kappa shape index (κ3) is 4.67. The minimum atomic E-state index is -0.262. The number of benzene rings is 1. The molecule has 0 aliphatic carbocycles. The van der Waals surface area contributed by atoms with E-state index in [0.717, 1.165) is 35.2 Å². The van der Waals surface area contributed by atoms with Gasteiger partial charge in [-0.2, -0.15) is 0 Å². The second-order valence-corrected chi connectivity index (χ2v) is 7.76. The number of carbonyl (C=O) groups excluding carboxylic acids is 1. The summed E-state index contributed by atoms with van der Waals surface area (Å²) in [7, 11) is 0. The van der Waals surface area contributed by atoms with Crippen molar-refractivity contribution in [2.45, 2.75) is 25.7 Å². The predicted molar refractivity (Wildman–Crippen MR) is 115 cm³/mol. The van der Waals surface area contributed by atoms with E-state index in [-0.39, 0.29) is 6.03 Å². The van der Waals surface area contributed by atoms with Gasteiger partial charge < -0.3 is 10.2 Å². The molecule has 1 aromatic carbocycles. The van der Waals surface area contributed by atoms with Gasteiger partial charge in [-0.3, -0.25) is 5.32 Å². The molecule has 1 fully saturated rings. The highest BCUT2D eigenvalue weighted by Gasteiger charge is 2.12. The third-order valence-corrected chi connectivity index (χ3v) is 5.54. The lowest BCUT2D eigenvalue weighted by molar-refractivity contribution is 0.262. The topological polar surface area (TPSA) is 70.2 Å². The molecule has 144 valence electrons. The lowest BCUT2D eigenvalue weighted by Crippen LogP contribution is -2.25. The fourth-order valence-electron chi connectivity index (χ4n) is 3.33.